The fourth-order valence-electron chi connectivity index (χ4n) is 6.89. The Bertz CT molecular complexity index is 2390. The van der Waals surface area contributed by atoms with Crippen molar-refractivity contribution in [3.63, 3.8) is 0 Å². The predicted molar refractivity (Wildman–Crippen MR) is 278 cm³/mol. The topological polar surface area (TPSA) is 78.7 Å². The van der Waals surface area contributed by atoms with Gasteiger partial charge in [0.1, 0.15) is 0 Å². The summed E-state index contributed by atoms with van der Waals surface area (Å²) in [6.45, 7) is 21.8. The second-order valence-electron chi connectivity index (χ2n) is 17.0. The third kappa shape index (κ3) is 16.1. The van der Waals surface area contributed by atoms with Crippen molar-refractivity contribution in [3.8, 4) is 22.8 Å². The van der Waals surface area contributed by atoms with Crippen LogP contribution in [0.15, 0.2) is 180 Å². The van der Waals surface area contributed by atoms with Crippen LogP contribution in [-0.2, 0) is 0 Å². The molecule has 0 bridgehead atoms. The van der Waals surface area contributed by atoms with Gasteiger partial charge in [0.05, 0.1) is 35.2 Å². The summed E-state index contributed by atoms with van der Waals surface area (Å²) in [5.41, 5.74) is 15.1. The summed E-state index contributed by atoms with van der Waals surface area (Å²) >= 11 is 0. The van der Waals surface area contributed by atoms with E-state index in [1.54, 1.807) is 12.4 Å². The van der Waals surface area contributed by atoms with E-state index in [2.05, 4.69) is 150 Å². The van der Waals surface area contributed by atoms with Gasteiger partial charge in [-0.15, -0.1) is 11.4 Å². The first-order chi connectivity index (χ1) is 30.9. The van der Waals surface area contributed by atoms with Crippen molar-refractivity contribution in [2.75, 3.05) is 0 Å². The van der Waals surface area contributed by atoms with Crippen molar-refractivity contribution in [2.45, 2.75) is 92.9 Å². The Morgan fingerprint density at radius 3 is 0.969 bits per heavy atom. The molecule has 0 fully saturated rings. The van der Waals surface area contributed by atoms with Crippen LogP contribution in [-0.4, -0.2) is 45.4 Å². The molecule has 0 N–H and O–H groups in total. The van der Waals surface area contributed by atoms with Gasteiger partial charge in [-0.3, -0.25) is 9.98 Å². The molecule has 328 valence electrons. The normalized spacial score (nSPS) is 10.9. The van der Waals surface area contributed by atoms with E-state index in [9.17, 15) is 0 Å². The molecule has 0 saturated heterocycles. The Kier molecular flexibility index (Phi) is 21.1. The third-order valence-corrected chi connectivity index (χ3v) is 10.4. The average Bonchev–Trinajstić information content (AvgIpc) is 4.05. The van der Waals surface area contributed by atoms with Crippen molar-refractivity contribution in [3.05, 3.63) is 215 Å². The standard InChI is InChI=1S/2C22H24N3.2C7H8.Mg/c2*1-15(2)18-9-6-10-19(16(3)4)22(18)24-14-17-8-5-11-21(25-17)20-12-7-13-23-20;2*1-7-5-3-2-4-6-7;/h2*5-16H,1-4H3;2*2-6H,1H3;/q2*-1;;;+2. The molecule has 4 aromatic heterocycles. The number of aryl methyl sites for hydroxylation is 2. The molecule has 0 aliphatic rings. The summed E-state index contributed by atoms with van der Waals surface area (Å²) in [5, 5.41) is 0. The van der Waals surface area contributed by atoms with E-state index in [-0.39, 0.29) is 23.1 Å². The van der Waals surface area contributed by atoms with E-state index in [4.69, 9.17) is 9.98 Å². The number of hydrogen-bond donors (Lipinski definition) is 0. The number of pyridine rings is 2. The number of hydrogen-bond acceptors (Lipinski definition) is 4. The summed E-state index contributed by atoms with van der Waals surface area (Å²) in [7, 11) is 0. The second-order valence-corrected chi connectivity index (χ2v) is 17.0. The second kappa shape index (κ2) is 26.6. The third-order valence-electron chi connectivity index (χ3n) is 10.4. The van der Waals surface area contributed by atoms with Gasteiger partial charge in [0.15, 0.2) is 0 Å². The quantitative estimate of drug-likeness (QED) is 0.101. The van der Waals surface area contributed by atoms with Gasteiger partial charge < -0.3 is 9.97 Å². The number of aliphatic imine (C=N–C) groups is 2. The molecule has 0 atom stereocenters. The first kappa shape index (κ1) is 51.5. The maximum absolute atomic E-state index is 4.83. The van der Waals surface area contributed by atoms with Crippen LogP contribution in [0.25, 0.3) is 22.8 Å². The van der Waals surface area contributed by atoms with E-state index >= 15 is 0 Å². The van der Waals surface area contributed by atoms with Crippen molar-refractivity contribution in [2.24, 2.45) is 9.98 Å². The molecular weight excluding hydrogens is 805 g/mol. The molecule has 8 rings (SSSR count). The van der Waals surface area contributed by atoms with Crippen LogP contribution in [0, 0.1) is 13.8 Å². The first-order valence-electron chi connectivity index (χ1n) is 22.4. The van der Waals surface area contributed by atoms with Gasteiger partial charge >= 0.3 is 23.1 Å². The van der Waals surface area contributed by atoms with Crippen molar-refractivity contribution in [1.82, 2.24) is 19.9 Å². The van der Waals surface area contributed by atoms with Crippen LogP contribution in [0.1, 0.15) is 124 Å². The van der Waals surface area contributed by atoms with E-state index in [0.29, 0.717) is 23.7 Å². The number of aromatic nitrogens is 4. The van der Waals surface area contributed by atoms with E-state index < -0.39 is 0 Å². The largest absolute Gasteiger partial charge is 2.00 e. The maximum atomic E-state index is 4.83. The fraction of sp³-hybridized carbons (Fsp3) is 0.241. The Labute approximate surface area is 405 Å². The van der Waals surface area contributed by atoms with Gasteiger partial charge in [-0.1, -0.05) is 200 Å². The van der Waals surface area contributed by atoms with Gasteiger partial charge in [0.25, 0.3) is 0 Å². The van der Waals surface area contributed by atoms with Gasteiger partial charge in [-0.05, 0) is 84.0 Å². The minimum absolute atomic E-state index is 0. The Morgan fingerprint density at radius 1 is 0.385 bits per heavy atom. The van der Waals surface area contributed by atoms with Crippen LogP contribution in [0.5, 0.6) is 0 Å². The molecule has 0 radical (unpaired) electrons. The minimum atomic E-state index is 0. The molecule has 7 heteroatoms. The smallest absolute Gasteiger partial charge is 0.662 e. The molecule has 0 amide bonds. The molecule has 8 aromatic rings. The van der Waals surface area contributed by atoms with Crippen LogP contribution >= 0.6 is 0 Å². The zero-order valence-corrected chi connectivity index (χ0v) is 41.4. The molecule has 0 saturated carbocycles. The predicted octanol–water partition coefficient (Wildman–Crippen LogP) is 15.0. The molecule has 0 unspecified atom stereocenters. The molecule has 65 heavy (non-hydrogen) atoms. The number of benzene rings is 4. The summed E-state index contributed by atoms with van der Waals surface area (Å²) in [4.78, 5) is 27.6. The van der Waals surface area contributed by atoms with E-state index in [0.717, 1.165) is 45.5 Å². The number of nitrogens with zero attached hydrogens (tertiary/aromatic N) is 6. The van der Waals surface area contributed by atoms with Crippen molar-refractivity contribution in [1.29, 1.82) is 0 Å². The fourth-order valence-corrected chi connectivity index (χ4v) is 6.89. The molecule has 0 spiro atoms. The Balaban J connectivity index is 0.000000216. The molecule has 6 nitrogen and oxygen atoms in total. The SMILES string of the molecule is CC(C)c1cccc(C(C)C)c1N=Cc1cccc(-c2ccc[n-]2)n1.CC(C)c1cccc(C(C)C)c1N=Cc1cccc(-c2ccc[n-]2)n1.Cc1ccccc1.Cc1ccccc1.[Mg+2]. The van der Waals surface area contributed by atoms with Crippen LogP contribution in [0.4, 0.5) is 11.4 Å². The molecule has 0 aliphatic heterocycles. The molecule has 0 aliphatic carbocycles. The van der Waals surface area contributed by atoms with Crippen LogP contribution < -0.4 is 9.97 Å². The van der Waals surface area contributed by atoms with Gasteiger partial charge in [0, 0.05) is 11.4 Å². The summed E-state index contributed by atoms with van der Waals surface area (Å²) in [5.74, 6) is 1.72. The summed E-state index contributed by atoms with van der Waals surface area (Å²) < 4.78 is 0. The molecule has 4 aromatic carbocycles. The summed E-state index contributed by atoms with van der Waals surface area (Å²) in [6, 6.07) is 53.1. The molecular formula is C58H64MgN6. The van der Waals surface area contributed by atoms with Gasteiger partial charge in [0.2, 0.25) is 0 Å². The van der Waals surface area contributed by atoms with Gasteiger partial charge in [-0.2, -0.15) is 12.4 Å². The van der Waals surface area contributed by atoms with E-state index in [1.807, 2.05) is 109 Å². The van der Waals surface area contributed by atoms with Gasteiger partial charge in [-0.25, -0.2) is 9.97 Å². The minimum Gasteiger partial charge on any atom is -0.662 e. The number of rotatable bonds is 10. The Hall–Kier alpha value is -6.15. The average molecular weight is 869 g/mol. The van der Waals surface area contributed by atoms with Crippen LogP contribution in [0.2, 0.25) is 0 Å². The first-order valence-corrected chi connectivity index (χ1v) is 22.4. The maximum Gasteiger partial charge on any atom is 2.00 e. The number of para-hydroxylation sites is 2. The zero-order valence-electron chi connectivity index (χ0n) is 40.0. The van der Waals surface area contributed by atoms with Crippen LogP contribution in [0.3, 0.4) is 0 Å². The monoisotopic (exact) mass is 869 g/mol. The van der Waals surface area contributed by atoms with E-state index in [1.165, 1.54) is 33.4 Å². The summed E-state index contributed by atoms with van der Waals surface area (Å²) in [6.07, 6.45) is 7.29. The Morgan fingerprint density at radius 2 is 0.708 bits per heavy atom. The zero-order chi connectivity index (χ0) is 45.8. The molecule has 4 heterocycles. The van der Waals surface area contributed by atoms with Crippen molar-refractivity contribution >= 4 is 46.9 Å². The van der Waals surface area contributed by atoms with Crippen molar-refractivity contribution < 1.29 is 0 Å².